The van der Waals surface area contributed by atoms with Gasteiger partial charge < -0.3 is 0 Å². The molecule has 3 aliphatic carbocycles. The molecule has 1 atom stereocenters. The average Bonchev–Trinajstić information content (AvgIpc) is 2.68. The number of hydrogen-bond acceptors (Lipinski definition) is 0. The van der Waals surface area contributed by atoms with Crippen molar-refractivity contribution in [2.24, 2.45) is 11.8 Å². The summed E-state index contributed by atoms with van der Waals surface area (Å²) >= 11 is 0. The van der Waals surface area contributed by atoms with Crippen LogP contribution in [0.25, 0.3) is 0 Å². The van der Waals surface area contributed by atoms with Crippen LogP contribution in [-0.2, 0) is 0 Å². The van der Waals surface area contributed by atoms with Crippen LogP contribution in [0.3, 0.4) is 0 Å². The Hall–Kier alpha value is -1.04. The van der Waals surface area contributed by atoms with E-state index in [1.54, 1.807) is 22.3 Å². The van der Waals surface area contributed by atoms with Crippen LogP contribution in [0.2, 0.25) is 0 Å². The molecule has 0 aromatic rings. The minimum absolute atomic E-state index is 0.663. The summed E-state index contributed by atoms with van der Waals surface area (Å²) in [7, 11) is 0. The highest BCUT2D eigenvalue weighted by molar-refractivity contribution is 5.56. The van der Waals surface area contributed by atoms with E-state index in [2.05, 4.69) is 39.0 Å². The van der Waals surface area contributed by atoms with Crippen molar-refractivity contribution < 1.29 is 0 Å². The van der Waals surface area contributed by atoms with E-state index in [0.717, 1.165) is 0 Å². The normalized spacial score (nSPS) is 27.8. The van der Waals surface area contributed by atoms with Crippen molar-refractivity contribution in [3.05, 3.63) is 46.1 Å². The highest BCUT2D eigenvalue weighted by atomic mass is 14.4. The van der Waals surface area contributed by atoms with Crippen molar-refractivity contribution >= 4 is 0 Å². The molecule has 0 saturated heterocycles. The van der Waals surface area contributed by atoms with Crippen molar-refractivity contribution in [3.63, 3.8) is 0 Å². The molecule has 0 N–H and O–H groups in total. The molecular formula is C16H20. The highest BCUT2D eigenvalue weighted by Gasteiger charge is 2.35. The van der Waals surface area contributed by atoms with Crippen molar-refractivity contribution in [2.75, 3.05) is 0 Å². The van der Waals surface area contributed by atoms with Gasteiger partial charge in [0.25, 0.3) is 0 Å². The molecule has 16 heavy (non-hydrogen) atoms. The van der Waals surface area contributed by atoms with E-state index in [1.165, 1.54) is 24.8 Å². The van der Waals surface area contributed by atoms with Gasteiger partial charge in [0.1, 0.15) is 0 Å². The lowest BCUT2D eigenvalue weighted by atomic mass is 9.79. The van der Waals surface area contributed by atoms with Crippen LogP contribution in [0.1, 0.15) is 40.0 Å². The zero-order chi connectivity index (χ0) is 11.3. The molecule has 0 heterocycles. The minimum atomic E-state index is 0.663. The lowest BCUT2D eigenvalue weighted by Gasteiger charge is -2.26. The summed E-state index contributed by atoms with van der Waals surface area (Å²) < 4.78 is 0. The smallest absolute Gasteiger partial charge is 0.0207 e. The third kappa shape index (κ3) is 1.29. The first-order valence-corrected chi connectivity index (χ1v) is 6.48. The van der Waals surface area contributed by atoms with E-state index in [0.29, 0.717) is 11.8 Å². The van der Waals surface area contributed by atoms with Gasteiger partial charge in [-0.25, -0.2) is 0 Å². The summed E-state index contributed by atoms with van der Waals surface area (Å²) in [6.45, 7) is 6.91. The molecule has 0 aliphatic heterocycles. The van der Waals surface area contributed by atoms with Crippen molar-refractivity contribution in [2.45, 2.75) is 40.0 Å². The second-order valence-corrected chi connectivity index (χ2v) is 5.57. The lowest BCUT2D eigenvalue weighted by molar-refractivity contribution is 0.702. The molecule has 3 rings (SSSR count). The van der Waals surface area contributed by atoms with Gasteiger partial charge >= 0.3 is 0 Å². The standard InChI is InChI=1S/C16H20/c1-10(2)15-9-16(14-8-7-13(14)15)12-6-4-5-11(12)3/h4-5,9-10,16H,6-8H2,1-3H3. The Morgan fingerprint density at radius 2 is 2.00 bits per heavy atom. The molecule has 0 fully saturated rings. The van der Waals surface area contributed by atoms with Crippen molar-refractivity contribution in [3.8, 4) is 0 Å². The Kier molecular flexibility index (Phi) is 2.20. The minimum Gasteiger partial charge on any atom is -0.0802 e. The molecule has 0 amide bonds. The number of allylic oxidation sites excluding steroid dienone is 8. The lowest BCUT2D eigenvalue weighted by Crippen LogP contribution is -2.10. The second kappa shape index (κ2) is 3.48. The van der Waals surface area contributed by atoms with Crippen LogP contribution >= 0.6 is 0 Å². The fraction of sp³-hybridized carbons (Fsp3) is 0.500. The Balaban J connectivity index is 1.98. The molecule has 1 unspecified atom stereocenters. The Labute approximate surface area is 98.4 Å². The molecule has 3 aliphatic rings. The van der Waals surface area contributed by atoms with E-state index < -0.39 is 0 Å². The second-order valence-electron chi connectivity index (χ2n) is 5.57. The van der Waals surface area contributed by atoms with Crippen LogP contribution in [0.4, 0.5) is 0 Å². The van der Waals surface area contributed by atoms with Crippen LogP contribution in [0, 0.1) is 11.8 Å². The Morgan fingerprint density at radius 1 is 1.19 bits per heavy atom. The predicted octanol–water partition coefficient (Wildman–Crippen LogP) is 4.57. The maximum absolute atomic E-state index is 2.55. The first-order valence-electron chi connectivity index (χ1n) is 6.48. The molecule has 0 bridgehead atoms. The van der Waals surface area contributed by atoms with E-state index >= 15 is 0 Å². The van der Waals surface area contributed by atoms with Gasteiger partial charge in [0.2, 0.25) is 0 Å². The van der Waals surface area contributed by atoms with Crippen molar-refractivity contribution in [1.82, 2.24) is 0 Å². The SMILES string of the molecule is CC1=C(C2C=C(C(C)C)C3=C2CC3)CC=C1. The summed E-state index contributed by atoms with van der Waals surface area (Å²) in [4.78, 5) is 0. The third-order valence-electron chi connectivity index (χ3n) is 4.31. The van der Waals surface area contributed by atoms with Gasteiger partial charge in [0.05, 0.1) is 0 Å². The monoisotopic (exact) mass is 212 g/mol. The van der Waals surface area contributed by atoms with E-state index in [1.807, 2.05) is 0 Å². The number of rotatable bonds is 2. The van der Waals surface area contributed by atoms with Crippen LogP contribution < -0.4 is 0 Å². The number of hydrogen-bond donors (Lipinski definition) is 0. The fourth-order valence-electron chi connectivity index (χ4n) is 3.30. The van der Waals surface area contributed by atoms with E-state index in [9.17, 15) is 0 Å². The molecule has 0 heteroatoms. The fourth-order valence-corrected chi connectivity index (χ4v) is 3.30. The summed E-state index contributed by atoms with van der Waals surface area (Å²) in [5.41, 5.74) is 8.24. The van der Waals surface area contributed by atoms with Gasteiger partial charge in [0, 0.05) is 5.92 Å². The molecular weight excluding hydrogens is 192 g/mol. The molecule has 0 radical (unpaired) electrons. The zero-order valence-electron chi connectivity index (χ0n) is 10.5. The summed E-state index contributed by atoms with van der Waals surface area (Å²) in [6, 6.07) is 0. The summed E-state index contributed by atoms with van der Waals surface area (Å²) in [6.07, 6.45) is 11.0. The third-order valence-corrected chi connectivity index (χ3v) is 4.31. The van der Waals surface area contributed by atoms with E-state index in [-0.39, 0.29) is 0 Å². The molecule has 0 spiro atoms. The molecule has 0 saturated carbocycles. The van der Waals surface area contributed by atoms with Gasteiger partial charge in [-0.1, -0.05) is 48.8 Å². The van der Waals surface area contributed by atoms with Gasteiger partial charge in [-0.05, 0) is 43.3 Å². The van der Waals surface area contributed by atoms with Gasteiger partial charge in [-0.15, -0.1) is 0 Å². The Bertz CT molecular complexity index is 452. The molecule has 0 aromatic heterocycles. The van der Waals surface area contributed by atoms with Gasteiger partial charge in [-0.2, -0.15) is 0 Å². The zero-order valence-corrected chi connectivity index (χ0v) is 10.5. The first kappa shape index (κ1) is 10.1. The predicted molar refractivity (Wildman–Crippen MR) is 69.1 cm³/mol. The topological polar surface area (TPSA) is 0 Å². The highest BCUT2D eigenvalue weighted by Crippen LogP contribution is 2.50. The first-order chi connectivity index (χ1) is 7.68. The quantitative estimate of drug-likeness (QED) is 0.629. The van der Waals surface area contributed by atoms with Crippen LogP contribution in [-0.4, -0.2) is 0 Å². The van der Waals surface area contributed by atoms with Crippen LogP contribution in [0.5, 0.6) is 0 Å². The largest absolute Gasteiger partial charge is 0.0802 e. The molecule has 0 nitrogen and oxygen atoms in total. The average molecular weight is 212 g/mol. The summed E-state index contributed by atoms with van der Waals surface area (Å²) in [5, 5.41) is 0. The maximum atomic E-state index is 2.55. The molecule has 84 valence electrons. The summed E-state index contributed by atoms with van der Waals surface area (Å²) in [5.74, 6) is 1.36. The van der Waals surface area contributed by atoms with E-state index in [4.69, 9.17) is 0 Å². The Morgan fingerprint density at radius 3 is 2.44 bits per heavy atom. The van der Waals surface area contributed by atoms with Crippen LogP contribution in [0.15, 0.2) is 46.1 Å². The van der Waals surface area contributed by atoms with Crippen molar-refractivity contribution in [1.29, 1.82) is 0 Å². The molecule has 0 aromatic carbocycles. The maximum Gasteiger partial charge on any atom is 0.0207 e. The van der Waals surface area contributed by atoms with Gasteiger partial charge in [0.15, 0.2) is 0 Å². The van der Waals surface area contributed by atoms with Gasteiger partial charge in [-0.3, -0.25) is 0 Å².